The Balaban J connectivity index is 1.97. The molecule has 1 heterocycles. The average molecular weight is 258 g/mol. The van der Waals surface area contributed by atoms with E-state index in [1.54, 1.807) is 0 Å². The number of ether oxygens (including phenoxy) is 1. The van der Waals surface area contributed by atoms with E-state index < -0.39 is 20.7 Å². The van der Waals surface area contributed by atoms with Crippen molar-refractivity contribution in [3.05, 3.63) is 0 Å². The van der Waals surface area contributed by atoms with Crippen LogP contribution in [0, 0.1) is 16.7 Å². The topological polar surface area (TPSA) is 63.7 Å². The second-order valence-electron chi connectivity index (χ2n) is 6.24. The molecule has 0 spiro atoms. The fourth-order valence-corrected chi connectivity index (χ4v) is 5.83. The standard InChI is InChI=1S/C12H18O4S/c1-11(2)8-3-4-12(11,9(13)5-8)7-17(14,15)10-6-16-10/h8,10H,3-7H2,1-2H3. The number of hydrogen-bond donors (Lipinski definition) is 0. The summed E-state index contributed by atoms with van der Waals surface area (Å²) >= 11 is 0. The Morgan fingerprint density at radius 1 is 1.41 bits per heavy atom. The van der Waals surface area contributed by atoms with Gasteiger partial charge >= 0.3 is 0 Å². The Hall–Kier alpha value is -0.420. The molecule has 3 aliphatic rings. The molecule has 2 aliphatic carbocycles. The molecule has 1 saturated heterocycles. The molecule has 4 nitrogen and oxygen atoms in total. The Labute approximate surface area is 102 Å². The minimum absolute atomic E-state index is 0.00694. The average Bonchev–Trinajstić information content (AvgIpc) is 2.98. The third-order valence-electron chi connectivity index (χ3n) is 5.29. The lowest BCUT2D eigenvalue weighted by Crippen LogP contribution is -2.43. The first-order valence-electron chi connectivity index (χ1n) is 6.16. The molecule has 0 aromatic rings. The Bertz CT molecular complexity index is 475. The minimum atomic E-state index is -3.26. The first-order valence-corrected chi connectivity index (χ1v) is 7.88. The molecule has 3 atom stereocenters. The number of fused-ring (bicyclic) bond motifs is 2. The Morgan fingerprint density at radius 2 is 2.06 bits per heavy atom. The van der Waals surface area contributed by atoms with Crippen LogP contribution >= 0.6 is 0 Å². The first kappa shape index (κ1) is 11.7. The van der Waals surface area contributed by atoms with E-state index in [-0.39, 0.29) is 17.0 Å². The van der Waals surface area contributed by atoms with Crippen LogP contribution in [0.3, 0.4) is 0 Å². The highest BCUT2D eigenvalue weighted by Crippen LogP contribution is 2.64. The highest BCUT2D eigenvalue weighted by molar-refractivity contribution is 7.92. The van der Waals surface area contributed by atoms with Gasteiger partial charge in [-0.05, 0) is 24.2 Å². The van der Waals surface area contributed by atoms with E-state index in [9.17, 15) is 13.2 Å². The lowest BCUT2D eigenvalue weighted by atomic mass is 9.70. The van der Waals surface area contributed by atoms with Crippen LogP contribution in [0.4, 0.5) is 0 Å². The molecule has 2 saturated carbocycles. The van der Waals surface area contributed by atoms with Gasteiger partial charge in [0.15, 0.2) is 15.3 Å². The monoisotopic (exact) mass is 258 g/mol. The maximum absolute atomic E-state index is 12.2. The summed E-state index contributed by atoms with van der Waals surface area (Å²) in [5, 5.41) is 0. The van der Waals surface area contributed by atoms with Crippen molar-refractivity contribution in [1.82, 2.24) is 0 Å². The van der Waals surface area contributed by atoms with Crippen molar-refractivity contribution in [2.45, 2.75) is 38.5 Å². The summed E-state index contributed by atoms with van der Waals surface area (Å²) in [5.74, 6) is 0.515. The molecule has 17 heavy (non-hydrogen) atoms. The van der Waals surface area contributed by atoms with Crippen molar-refractivity contribution < 1.29 is 17.9 Å². The van der Waals surface area contributed by atoms with E-state index in [1.165, 1.54) is 0 Å². The van der Waals surface area contributed by atoms with Crippen molar-refractivity contribution in [2.75, 3.05) is 12.4 Å². The maximum Gasteiger partial charge on any atom is 0.182 e. The predicted molar refractivity (Wildman–Crippen MR) is 62.1 cm³/mol. The summed E-state index contributed by atoms with van der Waals surface area (Å²) in [6.07, 6.45) is 2.28. The largest absolute Gasteiger partial charge is 0.356 e. The third-order valence-corrected chi connectivity index (χ3v) is 7.26. The molecular formula is C12H18O4S. The molecule has 3 rings (SSSR count). The maximum atomic E-state index is 12.2. The smallest absolute Gasteiger partial charge is 0.182 e. The summed E-state index contributed by atoms with van der Waals surface area (Å²) in [7, 11) is -3.26. The summed E-state index contributed by atoms with van der Waals surface area (Å²) < 4.78 is 29.1. The Kier molecular flexibility index (Phi) is 2.14. The molecule has 3 fully saturated rings. The molecule has 0 N–H and O–H groups in total. The van der Waals surface area contributed by atoms with Gasteiger partial charge in [-0.25, -0.2) is 8.42 Å². The van der Waals surface area contributed by atoms with Crippen LogP contribution in [0.2, 0.25) is 0 Å². The van der Waals surface area contributed by atoms with E-state index in [4.69, 9.17) is 4.74 Å². The fraction of sp³-hybridized carbons (Fsp3) is 0.917. The summed E-state index contributed by atoms with van der Waals surface area (Å²) in [5.41, 5.74) is -1.45. The highest BCUT2D eigenvalue weighted by Gasteiger charge is 2.66. The van der Waals surface area contributed by atoms with Gasteiger partial charge in [0, 0.05) is 11.8 Å². The van der Waals surface area contributed by atoms with Crippen molar-refractivity contribution in [2.24, 2.45) is 16.7 Å². The quantitative estimate of drug-likeness (QED) is 0.712. The van der Waals surface area contributed by atoms with Crippen molar-refractivity contribution >= 4 is 15.6 Å². The fourth-order valence-electron chi connectivity index (χ4n) is 3.79. The predicted octanol–water partition coefficient (Wildman–Crippen LogP) is 1.15. The van der Waals surface area contributed by atoms with Gasteiger partial charge in [-0.1, -0.05) is 13.8 Å². The molecule has 1 aliphatic heterocycles. The van der Waals surface area contributed by atoms with Gasteiger partial charge in [0.1, 0.15) is 5.78 Å². The van der Waals surface area contributed by atoms with E-state index >= 15 is 0 Å². The number of sulfone groups is 1. The second kappa shape index (κ2) is 3.12. The number of ketones is 1. The lowest BCUT2D eigenvalue weighted by molar-refractivity contribution is -0.128. The normalized spacial score (nSPS) is 43.1. The van der Waals surface area contributed by atoms with Crippen molar-refractivity contribution in [1.29, 1.82) is 0 Å². The van der Waals surface area contributed by atoms with Gasteiger partial charge in [-0.15, -0.1) is 0 Å². The molecule has 0 aromatic carbocycles. The van der Waals surface area contributed by atoms with Crippen LogP contribution in [-0.4, -0.2) is 32.0 Å². The number of hydrogen-bond acceptors (Lipinski definition) is 4. The van der Waals surface area contributed by atoms with Crippen LogP contribution in [0.5, 0.6) is 0 Å². The second-order valence-corrected chi connectivity index (χ2v) is 8.38. The molecule has 0 aromatic heterocycles. The lowest BCUT2D eigenvalue weighted by Gasteiger charge is -2.35. The zero-order valence-corrected chi connectivity index (χ0v) is 11.0. The summed E-state index contributed by atoms with van der Waals surface area (Å²) in [6.45, 7) is 4.41. The van der Waals surface area contributed by atoms with Crippen LogP contribution < -0.4 is 0 Å². The molecule has 3 unspecified atom stereocenters. The number of epoxide rings is 1. The number of carbonyl (C=O) groups excluding carboxylic acids is 1. The third kappa shape index (κ3) is 1.38. The molecule has 5 heteroatoms. The highest BCUT2D eigenvalue weighted by atomic mass is 32.2. The first-order chi connectivity index (χ1) is 7.80. The van der Waals surface area contributed by atoms with Gasteiger partial charge in [-0.2, -0.15) is 0 Å². The van der Waals surface area contributed by atoms with E-state index in [1.807, 2.05) is 0 Å². The van der Waals surface area contributed by atoms with Gasteiger partial charge in [-0.3, -0.25) is 4.79 Å². The van der Waals surface area contributed by atoms with Gasteiger partial charge in [0.2, 0.25) is 0 Å². The van der Waals surface area contributed by atoms with E-state index in [0.29, 0.717) is 18.9 Å². The van der Waals surface area contributed by atoms with Crippen LogP contribution in [-0.2, 0) is 19.4 Å². The van der Waals surface area contributed by atoms with E-state index in [0.717, 1.165) is 12.8 Å². The minimum Gasteiger partial charge on any atom is -0.356 e. The zero-order chi connectivity index (χ0) is 12.5. The molecular weight excluding hydrogens is 240 g/mol. The molecule has 2 bridgehead atoms. The van der Waals surface area contributed by atoms with Crippen molar-refractivity contribution in [3.63, 3.8) is 0 Å². The van der Waals surface area contributed by atoms with E-state index in [2.05, 4.69) is 13.8 Å². The molecule has 0 amide bonds. The van der Waals surface area contributed by atoms with Crippen LogP contribution in [0.1, 0.15) is 33.1 Å². The van der Waals surface area contributed by atoms with Gasteiger partial charge in [0.05, 0.1) is 12.4 Å². The van der Waals surface area contributed by atoms with Gasteiger partial charge in [0.25, 0.3) is 0 Å². The van der Waals surface area contributed by atoms with Crippen LogP contribution in [0.15, 0.2) is 0 Å². The van der Waals surface area contributed by atoms with Crippen molar-refractivity contribution in [3.8, 4) is 0 Å². The van der Waals surface area contributed by atoms with Crippen LogP contribution in [0.25, 0.3) is 0 Å². The van der Waals surface area contributed by atoms with Gasteiger partial charge < -0.3 is 4.74 Å². The summed E-state index contributed by atoms with van der Waals surface area (Å²) in [4.78, 5) is 12.2. The molecule has 96 valence electrons. The number of carbonyl (C=O) groups is 1. The zero-order valence-electron chi connectivity index (χ0n) is 10.2. The number of Topliss-reactive ketones (excluding diaryl/α,β-unsaturated/α-hetero) is 1. The summed E-state index contributed by atoms with van der Waals surface area (Å²) in [6, 6.07) is 0. The SMILES string of the molecule is CC1(C)C2CCC1(CS(=O)(=O)C1CO1)C(=O)C2. The number of rotatable bonds is 3. The molecule has 0 radical (unpaired) electrons. The Morgan fingerprint density at radius 3 is 2.47 bits per heavy atom.